The summed E-state index contributed by atoms with van der Waals surface area (Å²) in [5, 5.41) is 3.79. The first-order valence-corrected chi connectivity index (χ1v) is 8.77. The van der Waals surface area contributed by atoms with Gasteiger partial charge in [0.2, 0.25) is 0 Å². The van der Waals surface area contributed by atoms with Crippen molar-refractivity contribution in [3.8, 4) is 0 Å². The predicted octanol–water partition coefficient (Wildman–Crippen LogP) is 2.82. The minimum absolute atomic E-state index is 0.770. The molecule has 0 heterocycles. The maximum atomic E-state index is 3.79. The highest BCUT2D eigenvalue weighted by molar-refractivity contribution is 4.83. The van der Waals surface area contributed by atoms with Gasteiger partial charge in [-0.25, -0.2) is 0 Å². The number of nitrogens with zero attached hydrogens (tertiary/aromatic N) is 2. The van der Waals surface area contributed by atoms with Gasteiger partial charge in [-0.1, -0.05) is 26.7 Å². The van der Waals surface area contributed by atoms with Gasteiger partial charge in [0, 0.05) is 12.6 Å². The number of hydrogen-bond acceptors (Lipinski definition) is 3. The van der Waals surface area contributed by atoms with E-state index in [0.717, 1.165) is 12.0 Å². The second-order valence-corrected chi connectivity index (χ2v) is 6.66. The van der Waals surface area contributed by atoms with Crippen LogP contribution in [-0.2, 0) is 0 Å². The zero-order valence-corrected chi connectivity index (χ0v) is 14.3. The molecular formula is C17H37N3. The van der Waals surface area contributed by atoms with Crippen molar-refractivity contribution < 1.29 is 0 Å². The van der Waals surface area contributed by atoms with Crippen LogP contribution in [0.15, 0.2) is 0 Å². The van der Waals surface area contributed by atoms with Crippen LogP contribution in [0.4, 0.5) is 0 Å². The molecule has 1 N–H and O–H groups in total. The van der Waals surface area contributed by atoms with Crippen LogP contribution >= 0.6 is 0 Å². The smallest absolute Gasteiger partial charge is 0.0107 e. The molecule has 1 aliphatic carbocycles. The summed E-state index contributed by atoms with van der Waals surface area (Å²) in [6.45, 7) is 10.7. The molecule has 1 rings (SSSR count). The fraction of sp³-hybridized carbons (Fsp3) is 1.00. The molecule has 0 aromatic carbocycles. The van der Waals surface area contributed by atoms with E-state index < -0.39 is 0 Å². The molecule has 2 unspecified atom stereocenters. The van der Waals surface area contributed by atoms with Crippen LogP contribution in [0.25, 0.3) is 0 Å². The number of rotatable bonds is 10. The molecule has 0 radical (unpaired) electrons. The molecule has 0 amide bonds. The van der Waals surface area contributed by atoms with Crippen LogP contribution < -0.4 is 5.32 Å². The van der Waals surface area contributed by atoms with Crippen molar-refractivity contribution in [2.75, 3.05) is 46.8 Å². The fourth-order valence-corrected chi connectivity index (χ4v) is 3.35. The van der Waals surface area contributed by atoms with Crippen molar-refractivity contribution in [1.29, 1.82) is 0 Å². The summed E-state index contributed by atoms with van der Waals surface area (Å²) in [6.07, 6.45) is 8.21. The third kappa shape index (κ3) is 7.05. The van der Waals surface area contributed by atoms with Crippen molar-refractivity contribution in [3.05, 3.63) is 0 Å². The van der Waals surface area contributed by atoms with Gasteiger partial charge in [-0.2, -0.15) is 0 Å². The Morgan fingerprint density at radius 3 is 2.45 bits per heavy atom. The van der Waals surface area contributed by atoms with Gasteiger partial charge >= 0.3 is 0 Å². The second-order valence-electron chi connectivity index (χ2n) is 6.66. The Bertz CT molecular complexity index is 230. The Balaban J connectivity index is 2.35. The molecule has 0 aromatic rings. The maximum Gasteiger partial charge on any atom is 0.0107 e. The van der Waals surface area contributed by atoms with Crippen molar-refractivity contribution >= 4 is 0 Å². The van der Waals surface area contributed by atoms with E-state index in [1.165, 1.54) is 71.2 Å². The van der Waals surface area contributed by atoms with E-state index in [1.54, 1.807) is 0 Å². The van der Waals surface area contributed by atoms with E-state index >= 15 is 0 Å². The van der Waals surface area contributed by atoms with Crippen molar-refractivity contribution in [1.82, 2.24) is 15.1 Å². The Morgan fingerprint density at radius 2 is 1.80 bits per heavy atom. The maximum absolute atomic E-state index is 3.79. The molecular weight excluding hydrogens is 246 g/mol. The lowest BCUT2D eigenvalue weighted by atomic mass is 9.84. The molecule has 0 bridgehead atoms. The highest BCUT2D eigenvalue weighted by Crippen LogP contribution is 2.25. The average Bonchev–Trinajstić information content (AvgIpc) is 2.44. The normalized spacial score (nSPS) is 23.7. The summed E-state index contributed by atoms with van der Waals surface area (Å²) >= 11 is 0. The molecule has 0 aromatic heterocycles. The van der Waals surface area contributed by atoms with Crippen LogP contribution in [0, 0.1) is 5.92 Å². The lowest BCUT2D eigenvalue weighted by molar-refractivity contribution is 0.168. The van der Waals surface area contributed by atoms with Crippen LogP contribution in [0.3, 0.4) is 0 Å². The first kappa shape index (κ1) is 17.9. The Labute approximate surface area is 127 Å². The summed E-state index contributed by atoms with van der Waals surface area (Å²) in [5.41, 5.74) is 0. The summed E-state index contributed by atoms with van der Waals surface area (Å²) in [4.78, 5) is 4.96. The predicted molar refractivity (Wildman–Crippen MR) is 89.3 cm³/mol. The molecule has 0 saturated heterocycles. The minimum atomic E-state index is 0.770. The zero-order chi connectivity index (χ0) is 14.8. The van der Waals surface area contributed by atoms with Crippen LogP contribution in [0.1, 0.15) is 52.4 Å². The SMILES string of the molecule is CCCNC1CCCCC1CN(CC)CCCN(C)C. The molecule has 2 atom stereocenters. The average molecular weight is 284 g/mol. The van der Waals surface area contributed by atoms with Crippen molar-refractivity contribution in [3.63, 3.8) is 0 Å². The quantitative estimate of drug-likeness (QED) is 0.665. The summed E-state index contributed by atoms with van der Waals surface area (Å²) in [6, 6.07) is 0.770. The summed E-state index contributed by atoms with van der Waals surface area (Å²) in [7, 11) is 4.34. The largest absolute Gasteiger partial charge is 0.314 e. The molecule has 0 aliphatic heterocycles. The molecule has 1 aliphatic rings. The van der Waals surface area contributed by atoms with E-state index in [4.69, 9.17) is 0 Å². The molecule has 1 fully saturated rings. The van der Waals surface area contributed by atoms with Crippen LogP contribution in [0.2, 0.25) is 0 Å². The van der Waals surface area contributed by atoms with Gasteiger partial charge < -0.3 is 15.1 Å². The van der Waals surface area contributed by atoms with Gasteiger partial charge in [-0.3, -0.25) is 0 Å². The van der Waals surface area contributed by atoms with Gasteiger partial charge in [0.25, 0.3) is 0 Å². The Morgan fingerprint density at radius 1 is 1.05 bits per heavy atom. The van der Waals surface area contributed by atoms with Gasteiger partial charge in [0.15, 0.2) is 0 Å². The van der Waals surface area contributed by atoms with E-state index in [0.29, 0.717) is 0 Å². The topological polar surface area (TPSA) is 18.5 Å². The minimum Gasteiger partial charge on any atom is -0.314 e. The van der Waals surface area contributed by atoms with Crippen LogP contribution in [0.5, 0.6) is 0 Å². The lowest BCUT2D eigenvalue weighted by Crippen LogP contribution is -2.44. The van der Waals surface area contributed by atoms with Crippen LogP contribution in [-0.4, -0.2) is 62.7 Å². The number of hydrogen-bond donors (Lipinski definition) is 1. The van der Waals surface area contributed by atoms with E-state index in [9.17, 15) is 0 Å². The highest BCUT2D eigenvalue weighted by Gasteiger charge is 2.25. The van der Waals surface area contributed by atoms with E-state index in [2.05, 4.69) is 43.1 Å². The first-order valence-electron chi connectivity index (χ1n) is 8.77. The van der Waals surface area contributed by atoms with Crippen molar-refractivity contribution in [2.45, 2.75) is 58.4 Å². The second kappa shape index (κ2) is 10.6. The third-order valence-corrected chi connectivity index (χ3v) is 4.59. The molecule has 1 saturated carbocycles. The third-order valence-electron chi connectivity index (χ3n) is 4.59. The lowest BCUT2D eigenvalue weighted by Gasteiger charge is -2.36. The molecule has 3 heteroatoms. The highest BCUT2D eigenvalue weighted by atomic mass is 15.1. The molecule has 120 valence electrons. The van der Waals surface area contributed by atoms with Crippen molar-refractivity contribution in [2.24, 2.45) is 5.92 Å². The summed E-state index contributed by atoms with van der Waals surface area (Å²) in [5.74, 6) is 0.870. The fourth-order valence-electron chi connectivity index (χ4n) is 3.35. The molecule has 20 heavy (non-hydrogen) atoms. The van der Waals surface area contributed by atoms with Gasteiger partial charge in [0.05, 0.1) is 0 Å². The molecule has 3 nitrogen and oxygen atoms in total. The van der Waals surface area contributed by atoms with Gasteiger partial charge in [-0.15, -0.1) is 0 Å². The zero-order valence-electron chi connectivity index (χ0n) is 14.3. The standard InChI is InChI=1S/C17H37N3/c1-5-12-18-17-11-8-7-10-16(17)15-20(6-2)14-9-13-19(3)4/h16-18H,5-15H2,1-4H3. The van der Waals surface area contributed by atoms with Gasteiger partial charge in [-0.05, 0) is 71.9 Å². The monoisotopic (exact) mass is 283 g/mol. The Hall–Kier alpha value is -0.120. The molecule has 0 spiro atoms. The Kier molecular flexibility index (Phi) is 9.49. The van der Waals surface area contributed by atoms with Gasteiger partial charge in [0.1, 0.15) is 0 Å². The summed E-state index contributed by atoms with van der Waals surface area (Å²) < 4.78 is 0. The number of nitrogens with one attached hydrogen (secondary N) is 1. The first-order chi connectivity index (χ1) is 9.67. The van der Waals surface area contributed by atoms with E-state index in [1.807, 2.05) is 0 Å². The van der Waals surface area contributed by atoms with E-state index in [-0.39, 0.29) is 0 Å².